The first-order valence-electron chi connectivity index (χ1n) is 11.0. The van der Waals surface area contributed by atoms with Crippen molar-refractivity contribution in [1.29, 1.82) is 0 Å². The Bertz CT molecular complexity index is 1000. The minimum absolute atomic E-state index is 0.0898. The van der Waals surface area contributed by atoms with Gasteiger partial charge in [0.05, 0.1) is 19.7 Å². The van der Waals surface area contributed by atoms with Crippen molar-refractivity contribution >= 4 is 5.91 Å². The van der Waals surface area contributed by atoms with Crippen molar-refractivity contribution in [1.82, 2.24) is 9.80 Å². The number of hydrogen-bond acceptors (Lipinski definition) is 4. The fourth-order valence-electron chi connectivity index (χ4n) is 3.65. The minimum atomic E-state index is -0.638. The van der Waals surface area contributed by atoms with Gasteiger partial charge < -0.3 is 14.1 Å². The summed E-state index contributed by atoms with van der Waals surface area (Å²) in [7, 11) is 1.58. The number of furan rings is 1. The van der Waals surface area contributed by atoms with Gasteiger partial charge in [-0.15, -0.1) is 0 Å². The van der Waals surface area contributed by atoms with E-state index in [1.165, 1.54) is 12.1 Å². The zero-order valence-electron chi connectivity index (χ0n) is 19.1. The van der Waals surface area contributed by atoms with Crippen LogP contribution in [0.1, 0.15) is 22.6 Å². The Labute approximate surface area is 193 Å². The molecule has 0 aliphatic carbocycles. The molecule has 33 heavy (non-hydrogen) atoms. The normalized spacial score (nSPS) is 11.2. The first-order valence-corrected chi connectivity index (χ1v) is 11.0. The van der Waals surface area contributed by atoms with Gasteiger partial charge in [-0.1, -0.05) is 30.3 Å². The molecule has 0 unspecified atom stereocenters. The molecule has 3 rings (SSSR count). The molecule has 7 heteroatoms. The van der Waals surface area contributed by atoms with Crippen LogP contribution in [0.15, 0.2) is 65.1 Å². The lowest BCUT2D eigenvalue weighted by atomic mass is 10.1. The van der Waals surface area contributed by atoms with Crippen molar-refractivity contribution in [3.05, 3.63) is 94.9 Å². The summed E-state index contributed by atoms with van der Waals surface area (Å²) in [5.74, 6) is 0.134. The summed E-state index contributed by atoms with van der Waals surface area (Å²) in [6, 6.07) is 17.1. The van der Waals surface area contributed by atoms with Gasteiger partial charge in [-0.3, -0.25) is 9.69 Å². The van der Waals surface area contributed by atoms with Gasteiger partial charge in [0.15, 0.2) is 0 Å². The molecule has 176 valence electrons. The highest BCUT2D eigenvalue weighted by Crippen LogP contribution is 2.14. The van der Waals surface area contributed by atoms with Crippen LogP contribution in [0.5, 0.6) is 0 Å². The molecule has 3 aromatic rings. The zero-order valence-corrected chi connectivity index (χ0v) is 19.1. The van der Waals surface area contributed by atoms with E-state index in [0.717, 1.165) is 17.4 Å². The van der Waals surface area contributed by atoms with Crippen LogP contribution in [0.3, 0.4) is 0 Å². The Hall–Kier alpha value is -3.03. The fraction of sp³-hybridized carbons (Fsp3) is 0.346. The van der Waals surface area contributed by atoms with Gasteiger partial charge in [0, 0.05) is 32.8 Å². The molecule has 2 aromatic carbocycles. The van der Waals surface area contributed by atoms with Gasteiger partial charge in [-0.05, 0) is 48.7 Å². The number of methoxy groups -OCH3 is 1. The number of rotatable bonds is 12. The molecular weight excluding hydrogens is 426 g/mol. The van der Waals surface area contributed by atoms with Crippen LogP contribution in [0.4, 0.5) is 8.78 Å². The van der Waals surface area contributed by atoms with Gasteiger partial charge in [0.2, 0.25) is 5.91 Å². The predicted octanol–water partition coefficient (Wildman–Crippen LogP) is 4.59. The Morgan fingerprint density at radius 3 is 2.30 bits per heavy atom. The Kier molecular flexibility index (Phi) is 9.15. The SMILES string of the molecule is COCCN(CC(=O)N(CCc1ccccc1)Cc1ccc(C)o1)Cc1cc(F)cc(F)c1. The second kappa shape index (κ2) is 12.3. The minimum Gasteiger partial charge on any atom is -0.464 e. The molecule has 0 aliphatic rings. The van der Waals surface area contributed by atoms with Crippen LogP contribution in [0, 0.1) is 18.6 Å². The average Bonchev–Trinajstić information content (AvgIpc) is 3.19. The molecule has 1 heterocycles. The standard InChI is InChI=1S/C26H30F2N2O3/c1-20-8-9-25(33-20)18-30(11-10-21-6-4-3-5-7-21)26(31)19-29(12-13-32-2)17-22-14-23(27)16-24(28)15-22/h3-9,14-16H,10-13,17-19H2,1-2H3. The van der Waals surface area contributed by atoms with Crippen LogP contribution in [0.25, 0.3) is 0 Å². The Morgan fingerprint density at radius 2 is 1.67 bits per heavy atom. The van der Waals surface area contributed by atoms with E-state index in [1.54, 1.807) is 12.0 Å². The molecule has 0 saturated heterocycles. The number of ether oxygens (including phenoxy) is 1. The smallest absolute Gasteiger partial charge is 0.237 e. The molecule has 0 aliphatic heterocycles. The topological polar surface area (TPSA) is 45.9 Å². The molecule has 1 amide bonds. The van der Waals surface area contributed by atoms with Crippen LogP contribution in [-0.4, -0.2) is 49.1 Å². The number of amides is 1. The first-order chi connectivity index (χ1) is 15.9. The summed E-state index contributed by atoms with van der Waals surface area (Å²) in [6.45, 7) is 3.91. The summed E-state index contributed by atoms with van der Waals surface area (Å²) in [4.78, 5) is 16.9. The van der Waals surface area contributed by atoms with E-state index in [1.807, 2.05) is 54.3 Å². The third-order valence-corrected chi connectivity index (χ3v) is 5.31. The summed E-state index contributed by atoms with van der Waals surface area (Å²) < 4.78 is 38.2. The van der Waals surface area contributed by atoms with Crippen LogP contribution < -0.4 is 0 Å². The van der Waals surface area contributed by atoms with Crippen molar-refractivity contribution < 1.29 is 22.7 Å². The lowest BCUT2D eigenvalue weighted by Crippen LogP contribution is -2.41. The lowest BCUT2D eigenvalue weighted by Gasteiger charge is -2.27. The molecular formula is C26H30F2N2O3. The Morgan fingerprint density at radius 1 is 0.939 bits per heavy atom. The average molecular weight is 457 g/mol. The van der Waals surface area contributed by atoms with E-state index >= 15 is 0 Å². The lowest BCUT2D eigenvalue weighted by molar-refractivity contribution is -0.133. The maximum absolute atomic E-state index is 13.7. The molecule has 5 nitrogen and oxygen atoms in total. The predicted molar refractivity (Wildman–Crippen MR) is 123 cm³/mol. The van der Waals surface area contributed by atoms with Gasteiger partial charge in [-0.25, -0.2) is 8.78 Å². The number of benzene rings is 2. The summed E-state index contributed by atoms with van der Waals surface area (Å²) in [6.07, 6.45) is 0.708. The molecule has 1 aromatic heterocycles. The van der Waals surface area contributed by atoms with Crippen LogP contribution in [0.2, 0.25) is 0 Å². The second-order valence-corrected chi connectivity index (χ2v) is 8.04. The van der Waals surface area contributed by atoms with Crippen molar-refractivity contribution in [2.45, 2.75) is 26.4 Å². The quantitative estimate of drug-likeness (QED) is 0.400. The molecule has 0 N–H and O–H groups in total. The molecule has 0 fully saturated rings. The molecule has 0 spiro atoms. The fourth-order valence-corrected chi connectivity index (χ4v) is 3.65. The zero-order chi connectivity index (χ0) is 23.6. The molecule has 0 saturated carbocycles. The van der Waals surface area contributed by atoms with E-state index in [-0.39, 0.29) is 19.0 Å². The van der Waals surface area contributed by atoms with Crippen molar-refractivity contribution in [3.63, 3.8) is 0 Å². The van der Waals surface area contributed by atoms with Gasteiger partial charge >= 0.3 is 0 Å². The number of aryl methyl sites for hydroxylation is 1. The summed E-state index contributed by atoms with van der Waals surface area (Å²) in [5, 5.41) is 0. The molecule has 0 bridgehead atoms. The maximum atomic E-state index is 13.7. The number of nitrogens with zero attached hydrogens (tertiary/aromatic N) is 2. The van der Waals surface area contributed by atoms with Crippen LogP contribution in [-0.2, 0) is 29.0 Å². The number of carbonyl (C=O) groups is 1. The van der Waals surface area contributed by atoms with Crippen molar-refractivity contribution in [3.8, 4) is 0 Å². The van der Waals surface area contributed by atoms with E-state index in [0.29, 0.717) is 44.0 Å². The monoisotopic (exact) mass is 456 g/mol. The Balaban J connectivity index is 1.72. The first kappa shape index (κ1) is 24.6. The number of hydrogen-bond donors (Lipinski definition) is 0. The highest BCUT2D eigenvalue weighted by Gasteiger charge is 2.20. The summed E-state index contributed by atoms with van der Waals surface area (Å²) in [5.41, 5.74) is 1.60. The molecule has 0 atom stereocenters. The third-order valence-electron chi connectivity index (χ3n) is 5.31. The van der Waals surface area contributed by atoms with E-state index in [2.05, 4.69) is 0 Å². The maximum Gasteiger partial charge on any atom is 0.237 e. The van der Waals surface area contributed by atoms with Gasteiger partial charge in [-0.2, -0.15) is 0 Å². The van der Waals surface area contributed by atoms with Crippen LogP contribution >= 0.6 is 0 Å². The van der Waals surface area contributed by atoms with Crippen molar-refractivity contribution in [2.75, 3.05) is 33.4 Å². The van der Waals surface area contributed by atoms with Gasteiger partial charge in [0.25, 0.3) is 0 Å². The summed E-state index contributed by atoms with van der Waals surface area (Å²) >= 11 is 0. The van der Waals surface area contributed by atoms with Crippen molar-refractivity contribution in [2.24, 2.45) is 0 Å². The molecule has 0 radical (unpaired) electrons. The largest absolute Gasteiger partial charge is 0.464 e. The second-order valence-electron chi connectivity index (χ2n) is 8.04. The van der Waals surface area contributed by atoms with E-state index in [9.17, 15) is 13.6 Å². The van der Waals surface area contributed by atoms with E-state index in [4.69, 9.17) is 9.15 Å². The highest BCUT2D eigenvalue weighted by atomic mass is 19.1. The third kappa shape index (κ3) is 8.11. The number of carbonyl (C=O) groups excluding carboxylic acids is 1. The highest BCUT2D eigenvalue weighted by molar-refractivity contribution is 5.78. The van der Waals surface area contributed by atoms with Gasteiger partial charge in [0.1, 0.15) is 23.2 Å². The van der Waals surface area contributed by atoms with E-state index < -0.39 is 11.6 Å². The number of halogens is 2.